The molecule has 0 aliphatic carbocycles. The van der Waals surface area contributed by atoms with Crippen LogP contribution in [0.25, 0.3) is 0 Å². The highest BCUT2D eigenvalue weighted by atomic mass is 127. The van der Waals surface area contributed by atoms with E-state index in [2.05, 4.69) is 27.9 Å². The Hall–Kier alpha value is 0.290. The van der Waals surface area contributed by atoms with E-state index in [0.29, 0.717) is 11.6 Å². The van der Waals surface area contributed by atoms with Gasteiger partial charge in [-0.1, -0.05) is 11.6 Å². The van der Waals surface area contributed by atoms with Gasteiger partial charge in [-0.05, 0) is 40.8 Å². The highest BCUT2D eigenvalue weighted by Crippen LogP contribution is 2.22. The molecule has 0 aliphatic heterocycles. The molecule has 78 valence electrons. The van der Waals surface area contributed by atoms with Crippen LogP contribution >= 0.6 is 45.8 Å². The molecule has 5 heteroatoms. The molecule has 1 aromatic carbocycles. The van der Waals surface area contributed by atoms with E-state index >= 15 is 0 Å². The summed E-state index contributed by atoms with van der Waals surface area (Å²) in [7, 11) is 0. The Morgan fingerprint density at radius 2 is 2.21 bits per heavy atom. The summed E-state index contributed by atoms with van der Waals surface area (Å²) in [6.07, 6.45) is -0.536. The standard InChI is InChI=1S/C9H10Cl2INO/c10-4-7(14)5-13-9-3-6(11)1-2-8(9)12/h1-3,7,13-14H,4-5H2. The van der Waals surface area contributed by atoms with E-state index < -0.39 is 6.10 Å². The zero-order chi connectivity index (χ0) is 10.6. The Bertz CT molecular complexity index is 309. The van der Waals surface area contributed by atoms with Crippen LogP contribution in [0.4, 0.5) is 5.69 Å². The minimum Gasteiger partial charge on any atom is -0.390 e. The lowest BCUT2D eigenvalue weighted by Crippen LogP contribution is -2.21. The Kier molecular flexibility index (Phi) is 5.30. The summed E-state index contributed by atoms with van der Waals surface area (Å²) in [4.78, 5) is 0. The number of rotatable bonds is 4. The van der Waals surface area contributed by atoms with E-state index in [1.54, 1.807) is 0 Å². The van der Waals surface area contributed by atoms with Crippen molar-refractivity contribution in [1.82, 2.24) is 0 Å². The average Bonchev–Trinajstić information content (AvgIpc) is 2.19. The number of aliphatic hydroxyl groups is 1. The van der Waals surface area contributed by atoms with E-state index in [-0.39, 0.29) is 5.88 Å². The van der Waals surface area contributed by atoms with Crippen molar-refractivity contribution in [2.24, 2.45) is 0 Å². The molecule has 14 heavy (non-hydrogen) atoms. The van der Waals surface area contributed by atoms with E-state index in [4.69, 9.17) is 23.2 Å². The fourth-order valence-corrected chi connectivity index (χ4v) is 1.72. The van der Waals surface area contributed by atoms with Crippen molar-refractivity contribution in [1.29, 1.82) is 0 Å². The van der Waals surface area contributed by atoms with Gasteiger partial charge in [0.15, 0.2) is 0 Å². The Morgan fingerprint density at radius 3 is 2.86 bits per heavy atom. The summed E-state index contributed by atoms with van der Waals surface area (Å²) >= 11 is 13.5. The first-order chi connectivity index (χ1) is 6.63. The van der Waals surface area contributed by atoms with Crippen molar-refractivity contribution in [3.63, 3.8) is 0 Å². The number of hydrogen-bond donors (Lipinski definition) is 2. The minimum absolute atomic E-state index is 0.226. The number of alkyl halides is 1. The fourth-order valence-electron chi connectivity index (χ4n) is 0.915. The van der Waals surface area contributed by atoms with Crippen molar-refractivity contribution < 1.29 is 5.11 Å². The molecule has 0 bridgehead atoms. The number of anilines is 1. The molecule has 0 spiro atoms. The van der Waals surface area contributed by atoms with Gasteiger partial charge in [0.1, 0.15) is 0 Å². The van der Waals surface area contributed by atoms with Gasteiger partial charge >= 0.3 is 0 Å². The van der Waals surface area contributed by atoms with Gasteiger partial charge in [0, 0.05) is 20.8 Å². The normalized spacial score (nSPS) is 12.6. The molecular formula is C9H10Cl2INO. The van der Waals surface area contributed by atoms with Gasteiger partial charge < -0.3 is 10.4 Å². The topological polar surface area (TPSA) is 32.3 Å². The van der Waals surface area contributed by atoms with Crippen LogP contribution in [0.15, 0.2) is 18.2 Å². The predicted molar refractivity (Wildman–Crippen MR) is 69.4 cm³/mol. The molecule has 0 fully saturated rings. The first-order valence-electron chi connectivity index (χ1n) is 4.06. The van der Waals surface area contributed by atoms with Gasteiger partial charge in [-0.3, -0.25) is 0 Å². The smallest absolute Gasteiger partial charge is 0.0847 e. The van der Waals surface area contributed by atoms with Crippen molar-refractivity contribution in [2.45, 2.75) is 6.10 Å². The van der Waals surface area contributed by atoms with Crippen molar-refractivity contribution in [3.8, 4) is 0 Å². The molecule has 0 aliphatic rings. The maximum atomic E-state index is 9.25. The van der Waals surface area contributed by atoms with Gasteiger partial charge in [0.05, 0.1) is 12.0 Å². The first-order valence-corrected chi connectivity index (χ1v) is 6.05. The molecule has 2 N–H and O–H groups in total. The Balaban J connectivity index is 2.62. The van der Waals surface area contributed by atoms with E-state index in [0.717, 1.165) is 9.26 Å². The van der Waals surface area contributed by atoms with Gasteiger partial charge in [0.2, 0.25) is 0 Å². The largest absolute Gasteiger partial charge is 0.390 e. The minimum atomic E-state index is -0.536. The van der Waals surface area contributed by atoms with Crippen LogP contribution in [0.2, 0.25) is 5.02 Å². The summed E-state index contributed by atoms with van der Waals surface area (Å²) in [6, 6.07) is 5.56. The number of nitrogens with one attached hydrogen (secondary N) is 1. The number of aliphatic hydroxyl groups excluding tert-OH is 1. The first kappa shape index (κ1) is 12.4. The second-order valence-electron chi connectivity index (χ2n) is 2.81. The lowest BCUT2D eigenvalue weighted by atomic mass is 10.3. The van der Waals surface area contributed by atoms with E-state index in [1.807, 2.05) is 18.2 Å². The molecule has 1 rings (SSSR count). The Labute approximate surface area is 107 Å². The molecule has 0 amide bonds. The second-order valence-corrected chi connectivity index (χ2v) is 4.72. The molecule has 0 radical (unpaired) electrons. The molecule has 0 saturated heterocycles. The lowest BCUT2D eigenvalue weighted by molar-refractivity contribution is 0.211. The predicted octanol–water partition coefficient (Wildman–Crippen LogP) is 2.96. The second kappa shape index (κ2) is 6.00. The molecule has 0 saturated carbocycles. The van der Waals surface area contributed by atoms with Gasteiger partial charge in [-0.25, -0.2) is 0 Å². The molecule has 2 nitrogen and oxygen atoms in total. The van der Waals surface area contributed by atoms with Crippen LogP contribution in [0, 0.1) is 3.57 Å². The van der Waals surface area contributed by atoms with Crippen LogP contribution in [0.3, 0.4) is 0 Å². The molecular weight excluding hydrogens is 336 g/mol. The van der Waals surface area contributed by atoms with Crippen molar-refractivity contribution in [2.75, 3.05) is 17.7 Å². The quantitative estimate of drug-likeness (QED) is 0.649. The number of hydrogen-bond acceptors (Lipinski definition) is 2. The van der Waals surface area contributed by atoms with Crippen molar-refractivity contribution >= 4 is 51.5 Å². The maximum absolute atomic E-state index is 9.25. The third-order valence-corrected chi connectivity index (χ3v) is 3.17. The number of halogens is 3. The highest BCUT2D eigenvalue weighted by molar-refractivity contribution is 14.1. The summed E-state index contributed by atoms with van der Waals surface area (Å²) in [5.41, 5.74) is 0.919. The molecule has 1 atom stereocenters. The molecule has 1 unspecified atom stereocenters. The van der Waals surface area contributed by atoms with E-state index in [1.165, 1.54) is 0 Å². The van der Waals surface area contributed by atoms with Crippen LogP contribution < -0.4 is 5.32 Å². The SMILES string of the molecule is OC(CCl)CNc1cc(Cl)ccc1I. The third-order valence-electron chi connectivity index (χ3n) is 1.63. The van der Waals surface area contributed by atoms with Gasteiger partial charge in [-0.2, -0.15) is 0 Å². The lowest BCUT2D eigenvalue weighted by Gasteiger charge is -2.11. The van der Waals surface area contributed by atoms with Crippen LogP contribution in [-0.4, -0.2) is 23.6 Å². The summed E-state index contributed by atoms with van der Waals surface area (Å²) < 4.78 is 1.06. The summed E-state index contributed by atoms with van der Waals surface area (Å²) in [5, 5.41) is 13.0. The highest BCUT2D eigenvalue weighted by Gasteiger charge is 2.04. The number of benzene rings is 1. The zero-order valence-electron chi connectivity index (χ0n) is 7.30. The summed E-state index contributed by atoms with van der Waals surface area (Å²) in [6.45, 7) is 0.430. The van der Waals surface area contributed by atoms with Crippen LogP contribution in [0.5, 0.6) is 0 Å². The average molecular weight is 346 g/mol. The molecule has 0 heterocycles. The van der Waals surface area contributed by atoms with Gasteiger partial charge in [0.25, 0.3) is 0 Å². The van der Waals surface area contributed by atoms with Gasteiger partial charge in [-0.15, -0.1) is 11.6 Å². The van der Waals surface area contributed by atoms with Crippen LogP contribution in [-0.2, 0) is 0 Å². The fraction of sp³-hybridized carbons (Fsp3) is 0.333. The van der Waals surface area contributed by atoms with Crippen LogP contribution in [0.1, 0.15) is 0 Å². The monoisotopic (exact) mass is 345 g/mol. The molecule has 0 aromatic heterocycles. The van der Waals surface area contributed by atoms with E-state index in [9.17, 15) is 5.11 Å². The third kappa shape index (κ3) is 3.81. The Morgan fingerprint density at radius 1 is 1.50 bits per heavy atom. The van der Waals surface area contributed by atoms with Crippen molar-refractivity contribution in [3.05, 3.63) is 26.8 Å². The maximum Gasteiger partial charge on any atom is 0.0847 e. The zero-order valence-corrected chi connectivity index (χ0v) is 11.0. The summed E-state index contributed by atoms with van der Waals surface area (Å²) in [5.74, 6) is 0.226. The molecule has 1 aromatic rings.